The molecular weight excluding hydrogens is 309 g/mol. The van der Waals surface area contributed by atoms with E-state index < -0.39 is 6.18 Å². The lowest BCUT2D eigenvalue weighted by atomic mass is 10.2. The van der Waals surface area contributed by atoms with Crippen molar-refractivity contribution in [1.82, 2.24) is 14.5 Å². The monoisotopic (exact) mass is 322 g/mol. The minimum atomic E-state index is -4.34. The molecule has 0 aromatic carbocycles. The zero-order valence-corrected chi connectivity index (χ0v) is 12.0. The molecule has 0 saturated heterocycles. The van der Waals surface area contributed by atoms with E-state index in [1.54, 1.807) is 29.4 Å². The molecule has 0 spiro atoms. The summed E-state index contributed by atoms with van der Waals surface area (Å²) in [4.78, 5) is 22.1. The number of halogens is 3. The predicted octanol–water partition coefficient (Wildman–Crippen LogP) is 2.24. The number of pyridine rings is 1. The third-order valence-electron chi connectivity index (χ3n) is 3.47. The fraction of sp³-hybridized carbons (Fsp3) is 0.267. The minimum Gasteiger partial charge on any atom is -0.337 e. The summed E-state index contributed by atoms with van der Waals surface area (Å²) >= 11 is 0. The van der Waals surface area contributed by atoms with E-state index in [0.29, 0.717) is 24.7 Å². The second-order valence-electron chi connectivity index (χ2n) is 5.06. The standard InChI is InChI=1S/C15H13F3N4O/c16-15(17,18)4-1-7-21-8-9-22-13(23)10-12(20-14(21)22)11-2-5-19-6-3-11/h1-6,10H,7-9H2. The molecule has 0 atom stereocenters. The van der Waals surface area contributed by atoms with Gasteiger partial charge in [0.2, 0.25) is 5.95 Å². The van der Waals surface area contributed by atoms with Crippen LogP contribution in [0.5, 0.6) is 0 Å². The molecule has 0 amide bonds. The molecule has 1 aliphatic rings. The number of alkyl halides is 3. The van der Waals surface area contributed by atoms with E-state index in [1.165, 1.54) is 10.6 Å². The van der Waals surface area contributed by atoms with Crippen LogP contribution in [-0.4, -0.2) is 33.8 Å². The van der Waals surface area contributed by atoms with Crippen LogP contribution >= 0.6 is 0 Å². The van der Waals surface area contributed by atoms with Gasteiger partial charge in [0, 0.05) is 49.7 Å². The molecule has 3 rings (SSSR count). The van der Waals surface area contributed by atoms with Crippen LogP contribution in [0.15, 0.2) is 47.5 Å². The number of allylic oxidation sites excluding steroid dienone is 1. The second kappa shape index (κ2) is 5.86. The van der Waals surface area contributed by atoms with Crippen molar-refractivity contribution in [1.29, 1.82) is 0 Å². The van der Waals surface area contributed by atoms with Gasteiger partial charge in [-0.15, -0.1) is 0 Å². The summed E-state index contributed by atoms with van der Waals surface area (Å²) in [5.74, 6) is 0.385. The number of aromatic nitrogens is 3. The molecule has 0 bridgehead atoms. The van der Waals surface area contributed by atoms with Crippen molar-refractivity contribution in [2.75, 3.05) is 18.0 Å². The van der Waals surface area contributed by atoms with Gasteiger partial charge < -0.3 is 4.90 Å². The molecule has 0 aliphatic carbocycles. The first-order valence-corrected chi connectivity index (χ1v) is 6.96. The zero-order chi connectivity index (χ0) is 16.4. The lowest BCUT2D eigenvalue weighted by Gasteiger charge is -2.15. The Bertz CT molecular complexity index is 784. The maximum Gasteiger partial charge on any atom is 0.409 e. The highest BCUT2D eigenvalue weighted by atomic mass is 19.4. The van der Waals surface area contributed by atoms with Crippen molar-refractivity contribution in [3.63, 3.8) is 0 Å². The summed E-state index contributed by atoms with van der Waals surface area (Å²) in [5, 5.41) is 0. The van der Waals surface area contributed by atoms with Gasteiger partial charge in [0.15, 0.2) is 0 Å². The summed E-state index contributed by atoms with van der Waals surface area (Å²) in [7, 11) is 0. The van der Waals surface area contributed by atoms with Crippen molar-refractivity contribution in [3.05, 3.63) is 53.1 Å². The molecule has 23 heavy (non-hydrogen) atoms. The number of fused-ring (bicyclic) bond motifs is 1. The Hall–Kier alpha value is -2.64. The fourth-order valence-corrected chi connectivity index (χ4v) is 2.42. The molecule has 3 heterocycles. The van der Waals surface area contributed by atoms with E-state index in [9.17, 15) is 18.0 Å². The van der Waals surface area contributed by atoms with Gasteiger partial charge >= 0.3 is 6.18 Å². The molecule has 1 aliphatic heterocycles. The normalized spacial score (nSPS) is 14.5. The Balaban J connectivity index is 1.91. The number of rotatable bonds is 3. The first-order valence-electron chi connectivity index (χ1n) is 6.96. The van der Waals surface area contributed by atoms with Crippen molar-refractivity contribution < 1.29 is 13.2 Å². The number of anilines is 1. The van der Waals surface area contributed by atoms with Gasteiger partial charge in [-0.3, -0.25) is 14.3 Å². The van der Waals surface area contributed by atoms with Crippen molar-refractivity contribution in [3.8, 4) is 11.3 Å². The average molecular weight is 322 g/mol. The molecular formula is C15H13F3N4O. The van der Waals surface area contributed by atoms with Crippen molar-refractivity contribution >= 4 is 5.95 Å². The molecule has 2 aromatic heterocycles. The Morgan fingerprint density at radius 1 is 1.22 bits per heavy atom. The Kier molecular flexibility index (Phi) is 3.89. The van der Waals surface area contributed by atoms with Gasteiger partial charge in [0.05, 0.1) is 5.69 Å². The van der Waals surface area contributed by atoms with E-state index >= 15 is 0 Å². The van der Waals surface area contributed by atoms with Gasteiger partial charge in [0.1, 0.15) is 0 Å². The van der Waals surface area contributed by atoms with Crippen LogP contribution in [0.4, 0.5) is 19.1 Å². The minimum absolute atomic E-state index is 0.0474. The smallest absolute Gasteiger partial charge is 0.337 e. The van der Waals surface area contributed by atoms with Crippen LogP contribution < -0.4 is 10.5 Å². The fourth-order valence-electron chi connectivity index (χ4n) is 2.42. The van der Waals surface area contributed by atoms with Gasteiger partial charge in [-0.2, -0.15) is 13.2 Å². The predicted molar refractivity (Wildman–Crippen MR) is 79.1 cm³/mol. The first kappa shape index (κ1) is 15.3. The Labute approximate surface area is 129 Å². The van der Waals surface area contributed by atoms with E-state index in [0.717, 1.165) is 11.6 Å². The number of hydrogen-bond donors (Lipinski definition) is 0. The lowest BCUT2D eigenvalue weighted by molar-refractivity contribution is -0.0799. The summed E-state index contributed by atoms with van der Waals surface area (Å²) in [6.45, 7) is 0.910. The zero-order valence-electron chi connectivity index (χ0n) is 12.0. The third kappa shape index (κ3) is 3.41. The highest BCUT2D eigenvalue weighted by Gasteiger charge is 2.24. The van der Waals surface area contributed by atoms with Crippen LogP contribution in [0, 0.1) is 0 Å². The van der Waals surface area contributed by atoms with Crippen LogP contribution in [0.2, 0.25) is 0 Å². The largest absolute Gasteiger partial charge is 0.409 e. The number of hydrogen-bond acceptors (Lipinski definition) is 4. The van der Waals surface area contributed by atoms with Crippen LogP contribution in [0.25, 0.3) is 11.3 Å². The van der Waals surface area contributed by atoms with Gasteiger partial charge in [0.25, 0.3) is 5.56 Å². The molecule has 2 aromatic rings. The van der Waals surface area contributed by atoms with Gasteiger partial charge in [-0.05, 0) is 12.1 Å². The summed E-state index contributed by atoms with van der Waals surface area (Å²) in [6, 6.07) is 4.87. The van der Waals surface area contributed by atoms with Crippen molar-refractivity contribution in [2.45, 2.75) is 12.7 Å². The number of nitrogens with zero attached hydrogens (tertiary/aromatic N) is 4. The molecule has 0 saturated carbocycles. The first-order chi connectivity index (χ1) is 10.9. The molecule has 0 fully saturated rings. The molecule has 120 valence electrons. The highest BCUT2D eigenvalue weighted by molar-refractivity contribution is 5.60. The van der Waals surface area contributed by atoms with Crippen LogP contribution in [0.1, 0.15) is 0 Å². The third-order valence-corrected chi connectivity index (χ3v) is 3.47. The summed E-state index contributed by atoms with van der Waals surface area (Å²) in [6.07, 6.45) is 0.0600. The molecule has 0 unspecified atom stereocenters. The van der Waals surface area contributed by atoms with Crippen LogP contribution in [-0.2, 0) is 6.54 Å². The van der Waals surface area contributed by atoms with E-state index in [1.807, 2.05) is 0 Å². The Morgan fingerprint density at radius 3 is 2.65 bits per heavy atom. The topological polar surface area (TPSA) is 51.0 Å². The van der Waals surface area contributed by atoms with Crippen LogP contribution in [0.3, 0.4) is 0 Å². The van der Waals surface area contributed by atoms with E-state index in [2.05, 4.69) is 9.97 Å². The average Bonchev–Trinajstić information content (AvgIpc) is 2.91. The molecule has 5 nitrogen and oxygen atoms in total. The Morgan fingerprint density at radius 2 is 1.96 bits per heavy atom. The quantitative estimate of drug-likeness (QED) is 0.813. The summed E-state index contributed by atoms with van der Waals surface area (Å²) in [5.41, 5.74) is 0.998. The van der Waals surface area contributed by atoms with Gasteiger partial charge in [-0.25, -0.2) is 4.98 Å². The maximum absolute atomic E-state index is 12.2. The highest BCUT2D eigenvalue weighted by Crippen LogP contribution is 2.22. The molecule has 8 heteroatoms. The molecule has 0 radical (unpaired) electrons. The van der Waals surface area contributed by atoms with Crippen molar-refractivity contribution in [2.24, 2.45) is 0 Å². The SMILES string of the molecule is O=c1cc(-c2ccncc2)nc2n1CCN2CC=CC(F)(F)F. The summed E-state index contributed by atoms with van der Waals surface area (Å²) < 4.78 is 38.0. The van der Waals surface area contributed by atoms with E-state index in [-0.39, 0.29) is 18.2 Å². The van der Waals surface area contributed by atoms with E-state index in [4.69, 9.17) is 0 Å². The van der Waals surface area contributed by atoms with Gasteiger partial charge in [-0.1, -0.05) is 6.08 Å². The lowest BCUT2D eigenvalue weighted by Crippen LogP contribution is -2.23. The second-order valence-corrected chi connectivity index (χ2v) is 5.06. The molecule has 0 N–H and O–H groups in total. The maximum atomic E-state index is 12.2.